The van der Waals surface area contributed by atoms with Crippen LogP contribution in [0.3, 0.4) is 0 Å². The van der Waals surface area contributed by atoms with Crippen LogP contribution in [-0.2, 0) is 20.8 Å². The lowest BCUT2D eigenvalue weighted by Gasteiger charge is -2.20. The van der Waals surface area contributed by atoms with Crippen molar-refractivity contribution in [2.24, 2.45) is 0 Å². The fourth-order valence-corrected chi connectivity index (χ4v) is 1.54. The highest BCUT2D eigenvalue weighted by molar-refractivity contribution is 5.89. The molecule has 0 aliphatic carbocycles. The molecule has 2 amide bonds. The molecule has 0 aliphatic heterocycles. The quantitative estimate of drug-likeness (QED) is 0.753. The maximum atomic E-state index is 11.8. The molecule has 20 heavy (non-hydrogen) atoms. The summed E-state index contributed by atoms with van der Waals surface area (Å²) in [6.45, 7) is 4.26. The molecule has 108 valence electrons. The van der Waals surface area contributed by atoms with E-state index in [0.29, 0.717) is 5.69 Å². The van der Waals surface area contributed by atoms with Crippen LogP contribution in [0.1, 0.15) is 26.3 Å². The number of carboxylic acid groups (broad SMARTS) is 1. The summed E-state index contributed by atoms with van der Waals surface area (Å²) in [6, 6.07) is 6.79. The van der Waals surface area contributed by atoms with E-state index in [1.54, 1.807) is 24.3 Å². The summed E-state index contributed by atoms with van der Waals surface area (Å²) in [4.78, 5) is 33.5. The van der Waals surface area contributed by atoms with Crippen molar-refractivity contribution in [2.75, 3.05) is 5.32 Å². The minimum Gasteiger partial charge on any atom is -0.480 e. The predicted molar refractivity (Wildman–Crippen MR) is 74.3 cm³/mol. The average Bonchev–Trinajstić information content (AvgIpc) is 2.30. The molecule has 1 aromatic rings. The van der Waals surface area contributed by atoms with Crippen molar-refractivity contribution in [3.63, 3.8) is 0 Å². The molecule has 3 N–H and O–H groups in total. The molecule has 1 aromatic carbocycles. The van der Waals surface area contributed by atoms with Crippen LogP contribution in [0.15, 0.2) is 24.3 Å². The number of carbonyl (C=O) groups excluding carboxylic acids is 2. The van der Waals surface area contributed by atoms with Crippen molar-refractivity contribution >= 4 is 23.5 Å². The Labute approximate surface area is 117 Å². The van der Waals surface area contributed by atoms with E-state index in [9.17, 15) is 14.4 Å². The van der Waals surface area contributed by atoms with Gasteiger partial charge < -0.3 is 15.7 Å². The number of benzene rings is 1. The molecule has 0 radical (unpaired) electrons. The molecule has 0 saturated heterocycles. The first-order chi connectivity index (χ1) is 9.20. The summed E-state index contributed by atoms with van der Waals surface area (Å²) < 4.78 is 0. The SMILES string of the molecule is CC(=O)Nc1ccc(CC(=O)NC(C)(C)C(=O)O)cc1. The second kappa shape index (κ2) is 6.18. The Balaban J connectivity index is 2.63. The van der Waals surface area contributed by atoms with Gasteiger partial charge in [-0.05, 0) is 31.5 Å². The van der Waals surface area contributed by atoms with Crippen molar-refractivity contribution in [3.05, 3.63) is 29.8 Å². The van der Waals surface area contributed by atoms with Crippen LogP contribution in [0.5, 0.6) is 0 Å². The van der Waals surface area contributed by atoms with Gasteiger partial charge in [-0.15, -0.1) is 0 Å². The van der Waals surface area contributed by atoms with Crippen LogP contribution in [0, 0.1) is 0 Å². The molecule has 0 saturated carbocycles. The number of hydrogen-bond donors (Lipinski definition) is 3. The second-order valence-electron chi connectivity index (χ2n) is 5.03. The number of rotatable bonds is 5. The van der Waals surface area contributed by atoms with Gasteiger partial charge in [0.05, 0.1) is 6.42 Å². The van der Waals surface area contributed by atoms with Crippen LogP contribution in [-0.4, -0.2) is 28.4 Å². The number of amides is 2. The van der Waals surface area contributed by atoms with Gasteiger partial charge in [-0.3, -0.25) is 9.59 Å². The summed E-state index contributed by atoms with van der Waals surface area (Å²) in [6.07, 6.45) is 0.0804. The van der Waals surface area contributed by atoms with Gasteiger partial charge >= 0.3 is 5.97 Å². The van der Waals surface area contributed by atoms with Crippen molar-refractivity contribution in [3.8, 4) is 0 Å². The highest BCUT2D eigenvalue weighted by Gasteiger charge is 2.28. The zero-order valence-electron chi connectivity index (χ0n) is 11.7. The van der Waals surface area contributed by atoms with Crippen LogP contribution in [0.4, 0.5) is 5.69 Å². The zero-order chi connectivity index (χ0) is 15.3. The van der Waals surface area contributed by atoms with Gasteiger partial charge in [-0.2, -0.15) is 0 Å². The smallest absolute Gasteiger partial charge is 0.328 e. The predicted octanol–water partition coefficient (Wildman–Crippen LogP) is 1.17. The first-order valence-corrected chi connectivity index (χ1v) is 6.11. The Kier molecular flexibility index (Phi) is 4.85. The maximum absolute atomic E-state index is 11.8. The number of carbonyl (C=O) groups is 3. The monoisotopic (exact) mass is 278 g/mol. The average molecular weight is 278 g/mol. The third kappa shape index (κ3) is 4.72. The van der Waals surface area contributed by atoms with Crippen molar-refractivity contribution in [2.45, 2.75) is 32.7 Å². The van der Waals surface area contributed by atoms with E-state index in [1.165, 1.54) is 20.8 Å². The highest BCUT2D eigenvalue weighted by Crippen LogP contribution is 2.10. The van der Waals surface area contributed by atoms with Gasteiger partial charge in [0.2, 0.25) is 11.8 Å². The molecule has 6 nitrogen and oxygen atoms in total. The lowest BCUT2D eigenvalue weighted by Crippen LogP contribution is -2.50. The normalized spacial score (nSPS) is 10.8. The lowest BCUT2D eigenvalue weighted by atomic mass is 10.0. The summed E-state index contributed by atoms with van der Waals surface area (Å²) in [5.74, 6) is -1.63. The first-order valence-electron chi connectivity index (χ1n) is 6.11. The van der Waals surface area contributed by atoms with Gasteiger partial charge in [-0.25, -0.2) is 4.79 Å². The molecule has 0 fully saturated rings. The number of aliphatic carboxylic acids is 1. The topological polar surface area (TPSA) is 95.5 Å². The summed E-state index contributed by atoms with van der Waals surface area (Å²) in [5, 5.41) is 14.0. The first kappa shape index (κ1) is 15.7. The number of anilines is 1. The highest BCUT2D eigenvalue weighted by atomic mass is 16.4. The fraction of sp³-hybridized carbons (Fsp3) is 0.357. The third-order valence-corrected chi connectivity index (χ3v) is 2.63. The molecule has 0 bridgehead atoms. The summed E-state index contributed by atoms with van der Waals surface area (Å²) >= 11 is 0. The number of carboxylic acids is 1. The van der Waals surface area contributed by atoms with E-state index in [-0.39, 0.29) is 18.2 Å². The fourth-order valence-electron chi connectivity index (χ4n) is 1.54. The molecule has 0 spiro atoms. The molecule has 0 aromatic heterocycles. The lowest BCUT2D eigenvalue weighted by molar-refractivity contribution is -0.145. The molecule has 0 heterocycles. The largest absolute Gasteiger partial charge is 0.480 e. The molecule has 0 aliphatic rings. The molecule has 6 heteroatoms. The summed E-state index contributed by atoms with van der Waals surface area (Å²) in [5.41, 5.74) is 0.0815. The number of hydrogen-bond acceptors (Lipinski definition) is 3. The Bertz CT molecular complexity index is 520. The summed E-state index contributed by atoms with van der Waals surface area (Å²) in [7, 11) is 0. The minimum absolute atomic E-state index is 0.0804. The van der Waals surface area contributed by atoms with Gasteiger partial charge in [0.25, 0.3) is 0 Å². The van der Waals surface area contributed by atoms with E-state index in [4.69, 9.17) is 5.11 Å². The molecule has 1 rings (SSSR count). The van der Waals surface area contributed by atoms with Crippen LogP contribution in [0.25, 0.3) is 0 Å². The third-order valence-electron chi connectivity index (χ3n) is 2.63. The minimum atomic E-state index is -1.30. The van der Waals surface area contributed by atoms with E-state index >= 15 is 0 Å². The molecule has 0 atom stereocenters. The van der Waals surface area contributed by atoms with Gasteiger partial charge in [-0.1, -0.05) is 12.1 Å². The van der Waals surface area contributed by atoms with Gasteiger partial charge in [0.15, 0.2) is 0 Å². The second-order valence-corrected chi connectivity index (χ2v) is 5.03. The van der Waals surface area contributed by atoms with E-state index in [0.717, 1.165) is 5.56 Å². The number of nitrogens with one attached hydrogen (secondary N) is 2. The Morgan fingerprint density at radius 1 is 1.15 bits per heavy atom. The molecule has 0 unspecified atom stereocenters. The van der Waals surface area contributed by atoms with E-state index in [1.807, 2.05) is 0 Å². The standard InChI is InChI=1S/C14H18N2O4/c1-9(17)15-11-6-4-10(5-7-11)8-12(18)16-14(2,3)13(19)20/h4-7H,8H2,1-3H3,(H,15,17)(H,16,18)(H,19,20). The Morgan fingerprint density at radius 3 is 2.15 bits per heavy atom. The molecular weight excluding hydrogens is 260 g/mol. The van der Waals surface area contributed by atoms with Crippen LogP contribution >= 0.6 is 0 Å². The van der Waals surface area contributed by atoms with Crippen molar-refractivity contribution < 1.29 is 19.5 Å². The zero-order valence-corrected chi connectivity index (χ0v) is 11.7. The Hall–Kier alpha value is -2.37. The van der Waals surface area contributed by atoms with Crippen molar-refractivity contribution in [1.82, 2.24) is 5.32 Å². The van der Waals surface area contributed by atoms with Crippen LogP contribution in [0.2, 0.25) is 0 Å². The van der Waals surface area contributed by atoms with Gasteiger partial charge in [0.1, 0.15) is 5.54 Å². The van der Waals surface area contributed by atoms with Crippen LogP contribution < -0.4 is 10.6 Å². The Morgan fingerprint density at radius 2 is 1.70 bits per heavy atom. The molecular formula is C14H18N2O4. The van der Waals surface area contributed by atoms with Gasteiger partial charge in [0, 0.05) is 12.6 Å². The van der Waals surface area contributed by atoms with E-state index < -0.39 is 11.5 Å². The maximum Gasteiger partial charge on any atom is 0.328 e. The van der Waals surface area contributed by atoms with Crippen molar-refractivity contribution in [1.29, 1.82) is 0 Å². The van der Waals surface area contributed by atoms with E-state index in [2.05, 4.69) is 10.6 Å².